The zero-order valence-electron chi connectivity index (χ0n) is 16.9. The van der Waals surface area contributed by atoms with Crippen LogP contribution in [0, 0.1) is 0 Å². The van der Waals surface area contributed by atoms with Crippen molar-refractivity contribution in [2.45, 2.75) is 51.2 Å². The van der Waals surface area contributed by atoms with E-state index < -0.39 is 16.1 Å². The maximum atomic E-state index is 13.1. The molecule has 0 aliphatic carbocycles. The van der Waals surface area contributed by atoms with Gasteiger partial charge >= 0.3 is 0 Å². The van der Waals surface area contributed by atoms with Crippen LogP contribution in [0.15, 0.2) is 25.8 Å². The number of hydrogen-bond donors (Lipinski definition) is 0. The predicted molar refractivity (Wildman–Crippen MR) is 118 cm³/mol. The molecule has 1 aromatic carbocycles. The Morgan fingerprint density at radius 1 is 1.36 bits per heavy atom. The lowest BCUT2D eigenvalue weighted by molar-refractivity contribution is 0.0828. The van der Waals surface area contributed by atoms with Crippen molar-refractivity contribution >= 4 is 43.9 Å². The van der Waals surface area contributed by atoms with Crippen LogP contribution in [0.25, 0.3) is 10.9 Å². The molecule has 0 N–H and O–H groups in total. The molecule has 1 aliphatic heterocycles. The number of rotatable bonds is 3. The number of aromatic nitrogens is 2. The summed E-state index contributed by atoms with van der Waals surface area (Å²) in [5, 5.41) is 0.527. The SMILES string of the molecule is CC(=N[S+]([O-])C(C)(C)C)c1cc(Br)cc2c(=O)n(C)c(C3CCOCC3)nc12. The number of nitrogens with zero attached hydrogens (tertiary/aromatic N) is 3. The van der Waals surface area contributed by atoms with E-state index in [1.807, 2.05) is 33.8 Å². The summed E-state index contributed by atoms with van der Waals surface area (Å²) in [4.78, 5) is 18.0. The fourth-order valence-electron chi connectivity index (χ4n) is 3.26. The predicted octanol–water partition coefficient (Wildman–Crippen LogP) is 3.86. The minimum atomic E-state index is -1.39. The molecular weight excluding hydrogens is 442 g/mol. The first-order chi connectivity index (χ1) is 13.1. The fourth-order valence-corrected chi connectivity index (χ4v) is 4.34. The Balaban J connectivity index is 2.21. The highest BCUT2D eigenvalue weighted by Gasteiger charge is 2.28. The van der Waals surface area contributed by atoms with Gasteiger partial charge in [0.25, 0.3) is 5.56 Å². The van der Waals surface area contributed by atoms with Gasteiger partial charge < -0.3 is 9.29 Å². The van der Waals surface area contributed by atoms with Gasteiger partial charge in [-0.1, -0.05) is 20.3 Å². The number of halogens is 1. The number of hydrogen-bond acceptors (Lipinski definition) is 5. The van der Waals surface area contributed by atoms with E-state index in [9.17, 15) is 9.35 Å². The molecular formula is C20H26BrN3O3S. The number of benzene rings is 1. The first kappa shape index (κ1) is 21.5. The molecule has 0 amide bonds. The van der Waals surface area contributed by atoms with Crippen LogP contribution < -0.4 is 5.56 Å². The third-order valence-corrected chi connectivity index (χ3v) is 6.84. The summed E-state index contributed by atoms with van der Waals surface area (Å²) >= 11 is 2.10. The third kappa shape index (κ3) is 4.35. The summed E-state index contributed by atoms with van der Waals surface area (Å²) in [6.07, 6.45) is 1.69. The quantitative estimate of drug-likeness (QED) is 0.506. The topological polar surface area (TPSA) is 79.5 Å². The van der Waals surface area contributed by atoms with Gasteiger partial charge in [0.2, 0.25) is 0 Å². The Morgan fingerprint density at radius 2 is 2.00 bits per heavy atom. The van der Waals surface area contributed by atoms with Crippen LogP contribution in [0.4, 0.5) is 0 Å². The highest BCUT2D eigenvalue weighted by molar-refractivity contribution is 9.10. The molecule has 2 heterocycles. The van der Waals surface area contributed by atoms with Crippen molar-refractivity contribution in [1.82, 2.24) is 9.55 Å². The van der Waals surface area contributed by atoms with Gasteiger partial charge in [0.1, 0.15) is 21.9 Å². The molecule has 0 radical (unpaired) electrons. The largest absolute Gasteiger partial charge is 0.591 e. The Morgan fingerprint density at radius 3 is 2.61 bits per heavy atom. The molecule has 0 bridgehead atoms. The standard InChI is InChI=1S/C20H26BrN3O3S/c1-12(23-28(26)20(2,3)4)15-10-14(21)11-16-17(15)22-18(24(5)19(16)25)13-6-8-27-9-7-13/h10-11,13H,6-9H2,1-5H3. The van der Waals surface area contributed by atoms with E-state index in [0.717, 1.165) is 28.7 Å². The summed E-state index contributed by atoms with van der Waals surface area (Å²) < 4.78 is 24.3. The summed E-state index contributed by atoms with van der Waals surface area (Å²) in [7, 11) is 1.77. The Hall–Kier alpha value is -1.22. The first-order valence-corrected chi connectivity index (χ1v) is 11.2. The second-order valence-electron chi connectivity index (χ2n) is 8.11. The summed E-state index contributed by atoms with van der Waals surface area (Å²) in [6, 6.07) is 3.68. The van der Waals surface area contributed by atoms with Crippen LogP contribution in [-0.4, -0.2) is 37.8 Å². The molecule has 28 heavy (non-hydrogen) atoms. The summed E-state index contributed by atoms with van der Waals surface area (Å²) in [5.74, 6) is 0.961. The second kappa shape index (κ2) is 8.26. The molecule has 0 spiro atoms. The van der Waals surface area contributed by atoms with Crippen LogP contribution >= 0.6 is 15.9 Å². The zero-order chi connectivity index (χ0) is 20.6. The molecule has 0 saturated carbocycles. The zero-order valence-corrected chi connectivity index (χ0v) is 19.3. The van der Waals surface area contributed by atoms with Crippen molar-refractivity contribution < 1.29 is 9.29 Å². The van der Waals surface area contributed by atoms with Crippen LogP contribution in [0.2, 0.25) is 0 Å². The smallest absolute Gasteiger partial charge is 0.261 e. The van der Waals surface area contributed by atoms with Crippen LogP contribution in [-0.2, 0) is 23.1 Å². The number of ether oxygens (including phenoxy) is 1. The minimum absolute atomic E-state index is 0.0845. The van der Waals surface area contributed by atoms with Crippen molar-refractivity contribution in [3.63, 3.8) is 0 Å². The average Bonchev–Trinajstić information content (AvgIpc) is 2.64. The highest BCUT2D eigenvalue weighted by atomic mass is 79.9. The molecule has 1 aliphatic rings. The van der Waals surface area contributed by atoms with E-state index in [1.54, 1.807) is 17.7 Å². The molecule has 3 rings (SSSR count). The molecule has 152 valence electrons. The van der Waals surface area contributed by atoms with Gasteiger partial charge in [-0.3, -0.25) is 9.36 Å². The monoisotopic (exact) mass is 467 g/mol. The van der Waals surface area contributed by atoms with Crippen molar-refractivity contribution in [3.8, 4) is 0 Å². The van der Waals surface area contributed by atoms with Crippen molar-refractivity contribution in [3.05, 3.63) is 38.3 Å². The van der Waals surface area contributed by atoms with Gasteiger partial charge in [0, 0.05) is 36.2 Å². The normalized spacial score (nSPS) is 17.9. The molecule has 6 nitrogen and oxygen atoms in total. The summed E-state index contributed by atoms with van der Waals surface area (Å²) in [5.41, 5.74) is 1.87. The highest BCUT2D eigenvalue weighted by Crippen LogP contribution is 2.28. The van der Waals surface area contributed by atoms with E-state index in [4.69, 9.17) is 9.72 Å². The van der Waals surface area contributed by atoms with Crippen LogP contribution in [0.3, 0.4) is 0 Å². The average molecular weight is 468 g/mol. The van der Waals surface area contributed by atoms with Crippen molar-refractivity contribution in [1.29, 1.82) is 0 Å². The lowest BCUT2D eigenvalue weighted by Crippen LogP contribution is -2.28. The molecule has 2 aromatic rings. The first-order valence-electron chi connectivity index (χ1n) is 9.35. The van der Waals surface area contributed by atoms with Crippen LogP contribution in [0.1, 0.15) is 57.8 Å². The Kier molecular flexibility index (Phi) is 6.34. The lowest BCUT2D eigenvalue weighted by Gasteiger charge is -2.24. The molecule has 1 saturated heterocycles. The number of fused-ring (bicyclic) bond motifs is 1. The lowest BCUT2D eigenvalue weighted by atomic mass is 9.98. The Labute approximate surface area is 176 Å². The van der Waals surface area contributed by atoms with E-state index >= 15 is 0 Å². The summed E-state index contributed by atoms with van der Waals surface area (Å²) in [6.45, 7) is 8.83. The van der Waals surface area contributed by atoms with Gasteiger partial charge in [-0.15, -0.1) is 0 Å². The molecule has 1 atom stereocenters. The van der Waals surface area contributed by atoms with E-state index in [1.165, 1.54) is 0 Å². The van der Waals surface area contributed by atoms with E-state index in [2.05, 4.69) is 20.3 Å². The fraction of sp³-hybridized carbons (Fsp3) is 0.550. The third-order valence-electron chi connectivity index (χ3n) is 4.90. The van der Waals surface area contributed by atoms with E-state index in [0.29, 0.717) is 29.8 Å². The molecule has 1 fully saturated rings. The van der Waals surface area contributed by atoms with Gasteiger partial charge in [0.05, 0.1) is 16.6 Å². The van der Waals surface area contributed by atoms with Gasteiger partial charge in [-0.2, -0.15) is 0 Å². The molecule has 8 heteroatoms. The van der Waals surface area contributed by atoms with Gasteiger partial charge in [0.15, 0.2) is 0 Å². The minimum Gasteiger partial charge on any atom is -0.591 e. The maximum absolute atomic E-state index is 13.1. The molecule has 1 unspecified atom stereocenters. The van der Waals surface area contributed by atoms with E-state index in [-0.39, 0.29) is 11.5 Å². The van der Waals surface area contributed by atoms with Crippen molar-refractivity contribution in [2.75, 3.05) is 13.2 Å². The molecule has 1 aromatic heterocycles. The van der Waals surface area contributed by atoms with Gasteiger partial charge in [-0.05, 0) is 52.7 Å². The maximum Gasteiger partial charge on any atom is 0.261 e. The Bertz CT molecular complexity index is 975. The van der Waals surface area contributed by atoms with Crippen LogP contribution in [0.5, 0.6) is 0 Å². The van der Waals surface area contributed by atoms with Crippen molar-refractivity contribution in [2.24, 2.45) is 11.4 Å². The second-order valence-corrected chi connectivity index (χ2v) is 10.9. The van der Waals surface area contributed by atoms with Gasteiger partial charge in [-0.25, -0.2) is 4.98 Å².